The number of carbonyl (C=O) groups excluding carboxylic acids is 1. The van der Waals surface area contributed by atoms with Gasteiger partial charge in [0.2, 0.25) is 5.91 Å². The molecule has 0 spiro atoms. The number of likely N-dealkylation sites (tertiary alicyclic amines) is 1. The molecule has 0 radical (unpaired) electrons. The maximum Gasteiger partial charge on any atom is 0.242 e. The van der Waals surface area contributed by atoms with Gasteiger partial charge in [0.15, 0.2) is 22.1 Å². The van der Waals surface area contributed by atoms with Crippen LogP contribution in [-0.4, -0.2) is 43.6 Å². The minimum absolute atomic E-state index is 0.0439. The Morgan fingerprint density at radius 2 is 2.00 bits per heavy atom. The van der Waals surface area contributed by atoms with Crippen LogP contribution in [0.25, 0.3) is 22.5 Å². The lowest BCUT2D eigenvalue weighted by molar-refractivity contribution is -0.132. The first-order valence-corrected chi connectivity index (χ1v) is 10.8. The number of rotatable bonds is 4. The second-order valence-electron chi connectivity index (χ2n) is 7.98. The first-order chi connectivity index (χ1) is 15.1. The van der Waals surface area contributed by atoms with E-state index in [9.17, 15) is 4.79 Å². The standard InChI is InChI=1S/C23H23N5O2S/c1-15-5-4-6-17(13-15)21-25-26-23(31)28(21)14-20(29)27-11-9-16(10-12-27)22-24-18-7-2-3-8-19(18)30-22/h2-8,13,16H,9-12,14H2,1H3,(H,26,31). The molecule has 4 aromatic rings. The average molecular weight is 434 g/mol. The predicted molar refractivity (Wildman–Crippen MR) is 120 cm³/mol. The molecule has 0 unspecified atom stereocenters. The van der Waals surface area contributed by atoms with E-state index >= 15 is 0 Å². The monoisotopic (exact) mass is 433 g/mol. The number of para-hydroxylation sites is 2. The molecule has 31 heavy (non-hydrogen) atoms. The summed E-state index contributed by atoms with van der Waals surface area (Å²) >= 11 is 5.39. The minimum Gasteiger partial charge on any atom is -0.440 e. The number of carbonyl (C=O) groups is 1. The summed E-state index contributed by atoms with van der Waals surface area (Å²) in [5.74, 6) is 1.73. The molecule has 0 saturated carbocycles. The van der Waals surface area contributed by atoms with Crippen LogP contribution in [0.15, 0.2) is 52.9 Å². The Labute approximate surface area is 184 Å². The maximum atomic E-state index is 13.0. The van der Waals surface area contributed by atoms with Crippen LogP contribution in [0.4, 0.5) is 0 Å². The molecule has 1 fully saturated rings. The number of fused-ring (bicyclic) bond motifs is 1. The number of oxazole rings is 1. The molecule has 1 N–H and O–H groups in total. The number of benzene rings is 2. The number of aromatic nitrogens is 4. The quantitative estimate of drug-likeness (QED) is 0.481. The molecule has 2 aromatic heterocycles. The molecule has 2 aromatic carbocycles. The van der Waals surface area contributed by atoms with Crippen LogP contribution >= 0.6 is 12.2 Å². The first kappa shape index (κ1) is 19.7. The highest BCUT2D eigenvalue weighted by molar-refractivity contribution is 7.71. The Hall–Kier alpha value is -3.26. The lowest BCUT2D eigenvalue weighted by Gasteiger charge is -2.30. The van der Waals surface area contributed by atoms with E-state index in [4.69, 9.17) is 16.6 Å². The van der Waals surface area contributed by atoms with Gasteiger partial charge in [0.05, 0.1) is 0 Å². The van der Waals surface area contributed by atoms with Crippen molar-refractivity contribution in [3.63, 3.8) is 0 Å². The zero-order valence-electron chi connectivity index (χ0n) is 17.2. The smallest absolute Gasteiger partial charge is 0.242 e. The number of piperidine rings is 1. The van der Waals surface area contributed by atoms with Crippen molar-refractivity contribution >= 4 is 29.2 Å². The van der Waals surface area contributed by atoms with Crippen molar-refractivity contribution in [1.29, 1.82) is 0 Å². The van der Waals surface area contributed by atoms with Gasteiger partial charge >= 0.3 is 0 Å². The molecule has 1 amide bonds. The Kier molecular flexibility index (Phi) is 5.15. The molecule has 8 heteroatoms. The molecule has 0 bridgehead atoms. The molecule has 7 nitrogen and oxygen atoms in total. The first-order valence-electron chi connectivity index (χ1n) is 10.4. The Balaban J connectivity index is 1.27. The molecule has 1 saturated heterocycles. The SMILES string of the molecule is Cc1cccc(-c2n[nH]c(=S)n2CC(=O)N2CCC(c3nc4ccccc4o3)CC2)c1. The lowest BCUT2D eigenvalue weighted by Crippen LogP contribution is -2.39. The van der Waals surface area contributed by atoms with Crippen LogP contribution in [0.2, 0.25) is 0 Å². The van der Waals surface area contributed by atoms with E-state index in [1.807, 2.05) is 60.4 Å². The average Bonchev–Trinajstić information content (AvgIpc) is 3.38. The zero-order valence-corrected chi connectivity index (χ0v) is 18.1. The van der Waals surface area contributed by atoms with Crippen molar-refractivity contribution in [3.05, 3.63) is 64.8 Å². The van der Waals surface area contributed by atoms with Crippen molar-refractivity contribution in [3.8, 4) is 11.4 Å². The zero-order chi connectivity index (χ0) is 21.4. The van der Waals surface area contributed by atoms with E-state index in [1.54, 1.807) is 4.57 Å². The van der Waals surface area contributed by atoms with Gasteiger partial charge in [-0.15, -0.1) is 0 Å². The number of amides is 1. The second kappa shape index (κ2) is 8.11. The molecule has 158 valence electrons. The highest BCUT2D eigenvalue weighted by atomic mass is 32.1. The molecule has 1 aliphatic rings. The summed E-state index contributed by atoms with van der Waals surface area (Å²) in [6.07, 6.45) is 1.67. The minimum atomic E-state index is 0.0439. The third kappa shape index (κ3) is 3.90. The van der Waals surface area contributed by atoms with Crippen molar-refractivity contribution in [2.45, 2.75) is 32.2 Å². The van der Waals surface area contributed by atoms with Crippen molar-refractivity contribution in [1.82, 2.24) is 24.6 Å². The molecular weight excluding hydrogens is 410 g/mol. The van der Waals surface area contributed by atoms with Crippen LogP contribution < -0.4 is 0 Å². The van der Waals surface area contributed by atoms with Crippen molar-refractivity contribution < 1.29 is 9.21 Å². The van der Waals surface area contributed by atoms with Gasteiger partial charge in [-0.1, -0.05) is 35.9 Å². The lowest BCUT2D eigenvalue weighted by atomic mass is 9.97. The number of aryl methyl sites for hydroxylation is 1. The normalized spacial score (nSPS) is 14.9. The van der Waals surface area contributed by atoms with Gasteiger partial charge in [-0.25, -0.2) is 4.98 Å². The Morgan fingerprint density at radius 3 is 2.77 bits per heavy atom. The fourth-order valence-corrected chi connectivity index (χ4v) is 4.34. The van der Waals surface area contributed by atoms with Gasteiger partial charge in [-0.2, -0.15) is 5.10 Å². The van der Waals surface area contributed by atoms with Crippen LogP contribution in [0.5, 0.6) is 0 Å². The topological polar surface area (TPSA) is 80.0 Å². The highest BCUT2D eigenvalue weighted by Crippen LogP contribution is 2.30. The van der Waals surface area contributed by atoms with Gasteiger partial charge in [0, 0.05) is 24.6 Å². The molecule has 0 atom stereocenters. The highest BCUT2D eigenvalue weighted by Gasteiger charge is 2.27. The summed E-state index contributed by atoms with van der Waals surface area (Å²) in [4.78, 5) is 19.6. The van der Waals surface area contributed by atoms with Gasteiger partial charge in [0.1, 0.15) is 12.1 Å². The number of hydrogen-bond acceptors (Lipinski definition) is 5. The summed E-state index contributed by atoms with van der Waals surface area (Å²) in [5, 5.41) is 7.18. The number of hydrogen-bond donors (Lipinski definition) is 1. The fourth-order valence-electron chi connectivity index (χ4n) is 4.14. The van der Waals surface area contributed by atoms with E-state index < -0.39 is 0 Å². The number of nitrogens with one attached hydrogen (secondary N) is 1. The second-order valence-corrected chi connectivity index (χ2v) is 8.37. The predicted octanol–water partition coefficient (Wildman–Crippen LogP) is 4.46. The van der Waals surface area contributed by atoms with Crippen molar-refractivity contribution in [2.75, 3.05) is 13.1 Å². The largest absolute Gasteiger partial charge is 0.440 e. The maximum absolute atomic E-state index is 13.0. The third-order valence-corrected chi connectivity index (χ3v) is 6.15. The van der Waals surface area contributed by atoms with Gasteiger partial charge in [0.25, 0.3) is 0 Å². The fraction of sp³-hybridized carbons (Fsp3) is 0.304. The molecule has 0 aliphatic carbocycles. The summed E-state index contributed by atoms with van der Waals surface area (Å²) < 4.78 is 8.16. The van der Waals surface area contributed by atoms with E-state index in [0.717, 1.165) is 41.0 Å². The van der Waals surface area contributed by atoms with E-state index in [1.165, 1.54) is 0 Å². The van der Waals surface area contributed by atoms with Crippen LogP contribution in [0, 0.1) is 11.7 Å². The van der Waals surface area contributed by atoms with E-state index in [-0.39, 0.29) is 18.4 Å². The molecule has 5 rings (SSSR count). The summed E-state index contributed by atoms with van der Waals surface area (Å²) in [7, 11) is 0. The van der Waals surface area contributed by atoms with Crippen LogP contribution in [0.3, 0.4) is 0 Å². The third-order valence-electron chi connectivity index (χ3n) is 5.84. The number of H-pyrrole nitrogens is 1. The number of aromatic amines is 1. The summed E-state index contributed by atoms with van der Waals surface area (Å²) in [6.45, 7) is 3.55. The molecule has 1 aliphatic heterocycles. The van der Waals surface area contributed by atoms with Gasteiger partial charge in [-0.05, 0) is 50.2 Å². The van der Waals surface area contributed by atoms with E-state index in [2.05, 4.69) is 15.2 Å². The summed E-state index contributed by atoms with van der Waals surface area (Å²) in [6, 6.07) is 15.8. The molecule has 3 heterocycles. The van der Waals surface area contributed by atoms with E-state index in [0.29, 0.717) is 23.7 Å². The van der Waals surface area contributed by atoms with Crippen LogP contribution in [0.1, 0.15) is 30.2 Å². The number of nitrogens with zero attached hydrogens (tertiary/aromatic N) is 4. The Bertz CT molecular complexity index is 1260. The van der Waals surface area contributed by atoms with Gasteiger partial charge < -0.3 is 9.32 Å². The Morgan fingerprint density at radius 1 is 1.19 bits per heavy atom. The summed E-state index contributed by atoms with van der Waals surface area (Å²) in [5.41, 5.74) is 3.77. The van der Waals surface area contributed by atoms with Gasteiger partial charge in [-0.3, -0.25) is 14.5 Å². The molecular formula is C23H23N5O2S. The van der Waals surface area contributed by atoms with Crippen LogP contribution in [-0.2, 0) is 11.3 Å². The van der Waals surface area contributed by atoms with Crippen molar-refractivity contribution in [2.24, 2.45) is 0 Å².